The van der Waals surface area contributed by atoms with Crippen LogP contribution in [0.2, 0.25) is 0 Å². The van der Waals surface area contributed by atoms with Crippen LogP contribution in [0.15, 0.2) is 23.6 Å². The fourth-order valence-corrected chi connectivity index (χ4v) is 2.19. The zero-order valence-electron chi connectivity index (χ0n) is 8.39. The number of cyclic esters (lactones) is 1. The predicted molar refractivity (Wildman–Crippen MR) is 58.7 cm³/mol. The van der Waals surface area contributed by atoms with Crippen LogP contribution in [-0.4, -0.2) is 16.4 Å². The maximum atomic E-state index is 10.9. The number of aryl methyl sites for hydroxylation is 1. The summed E-state index contributed by atoms with van der Waals surface area (Å²) in [6.07, 6.45) is 7.23. The van der Waals surface area contributed by atoms with Crippen LogP contribution in [0.1, 0.15) is 25.0 Å². The summed E-state index contributed by atoms with van der Waals surface area (Å²) in [6.45, 7) is 0. The van der Waals surface area contributed by atoms with Gasteiger partial charge < -0.3 is 4.74 Å². The smallest absolute Gasteiger partial charge is 0.330 e. The summed E-state index contributed by atoms with van der Waals surface area (Å²) in [5.74, 6) is -0.208. The van der Waals surface area contributed by atoms with E-state index in [-0.39, 0.29) is 12.1 Å². The van der Waals surface area contributed by atoms with E-state index in [4.69, 9.17) is 4.74 Å². The van der Waals surface area contributed by atoms with Gasteiger partial charge in [-0.15, -0.1) is 0 Å². The second kappa shape index (κ2) is 5.07. The summed E-state index contributed by atoms with van der Waals surface area (Å²) >= 11 is 1.48. The number of nitrogens with zero attached hydrogens (tertiary/aromatic N) is 1. The Kier molecular flexibility index (Phi) is 3.50. The van der Waals surface area contributed by atoms with Gasteiger partial charge in [-0.25, -0.2) is 4.79 Å². The van der Waals surface area contributed by atoms with Crippen LogP contribution in [0.3, 0.4) is 0 Å². The lowest BCUT2D eigenvalue weighted by atomic mass is 10.1. The summed E-state index contributed by atoms with van der Waals surface area (Å²) in [5, 5.41) is 1.98. The Morgan fingerprint density at radius 1 is 1.60 bits per heavy atom. The van der Waals surface area contributed by atoms with Gasteiger partial charge in [0.05, 0.1) is 5.69 Å². The topological polar surface area (TPSA) is 39.2 Å². The highest BCUT2D eigenvalue weighted by molar-refractivity contribution is 7.03. The Balaban J connectivity index is 1.70. The first kappa shape index (κ1) is 10.4. The van der Waals surface area contributed by atoms with Gasteiger partial charge in [0, 0.05) is 17.9 Å². The van der Waals surface area contributed by atoms with Crippen LogP contribution in [0.5, 0.6) is 0 Å². The Bertz CT molecular complexity index is 345. The molecule has 1 unspecified atom stereocenters. The molecule has 1 aliphatic rings. The fraction of sp³-hybridized carbons (Fsp3) is 0.455. The second-order valence-corrected chi connectivity index (χ2v) is 4.25. The van der Waals surface area contributed by atoms with Crippen molar-refractivity contribution in [2.24, 2.45) is 0 Å². The summed E-state index contributed by atoms with van der Waals surface area (Å²) in [6, 6.07) is 2.04. The summed E-state index contributed by atoms with van der Waals surface area (Å²) < 4.78 is 9.40. The van der Waals surface area contributed by atoms with Gasteiger partial charge in [-0.1, -0.05) is 6.08 Å². The van der Waals surface area contributed by atoms with Crippen molar-refractivity contribution >= 4 is 17.5 Å². The van der Waals surface area contributed by atoms with Crippen molar-refractivity contribution in [2.75, 3.05) is 0 Å². The molecule has 4 heteroatoms. The number of ether oxygens (including phenoxy) is 1. The van der Waals surface area contributed by atoms with Crippen LogP contribution in [0.4, 0.5) is 0 Å². The van der Waals surface area contributed by atoms with Crippen LogP contribution < -0.4 is 0 Å². The molecule has 0 bridgehead atoms. The summed E-state index contributed by atoms with van der Waals surface area (Å²) in [5.41, 5.74) is 1.14. The fourth-order valence-electron chi connectivity index (χ4n) is 1.62. The molecule has 1 atom stereocenters. The maximum absolute atomic E-state index is 10.9. The van der Waals surface area contributed by atoms with Crippen molar-refractivity contribution in [3.05, 3.63) is 29.3 Å². The molecule has 80 valence electrons. The van der Waals surface area contributed by atoms with E-state index in [1.165, 1.54) is 17.6 Å². The van der Waals surface area contributed by atoms with Gasteiger partial charge in [0.15, 0.2) is 0 Å². The van der Waals surface area contributed by atoms with Gasteiger partial charge in [0.25, 0.3) is 0 Å². The molecule has 0 spiro atoms. The van der Waals surface area contributed by atoms with Crippen LogP contribution in [-0.2, 0) is 16.0 Å². The summed E-state index contributed by atoms with van der Waals surface area (Å²) in [7, 11) is 0. The van der Waals surface area contributed by atoms with E-state index in [2.05, 4.69) is 4.37 Å². The molecular formula is C11H13NO2S. The normalized spacial score (nSPS) is 20.3. The Morgan fingerprint density at radius 2 is 2.53 bits per heavy atom. The standard InChI is InChI=1S/C11H13NO2S/c13-11-6-2-5-10(14-11)4-1-3-9-7-8-15-12-9/h2,6-8,10H,1,3-5H2. The summed E-state index contributed by atoms with van der Waals surface area (Å²) in [4.78, 5) is 10.9. The monoisotopic (exact) mass is 223 g/mol. The van der Waals surface area contributed by atoms with Gasteiger partial charge in [0.1, 0.15) is 6.10 Å². The SMILES string of the molecule is O=C1C=CCC(CCCc2ccsn2)O1. The molecule has 0 radical (unpaired) electrons. The van der Waals surface area contributed by atoms with E-state index in [1.54, 1.807) is 0 Å². The van der Waals surface area contributed by atoms with Crippen LogP contribution in [0, 0.1) is 0 Å². The van der Waals surface area contributed by atoms with Crippen molar-refractivity contribution in [1.29, 1.82) is 0 Å². The van der Waals surface area contributed by atoms with E-state index in [0.717, 1.165) is 31.4 Å². The lowest BCUT2D eigenvalue weighted by Crippen LogP contribution is -2.19. The molecule has 2 rings (SSSR count). The molecule has 0 saturated carbocycles. The molecule has 0 fully saturated rings. The molecule has 1 aromatic rings. The Labute approximate surface area is 92.9 Å². The van der Waals surface area contributed by atoms with E-state index >= 15 is 0 Å². The number of esters is 1. The number of hydrogen-bond acceptors (Lipinski definition) is 4. The third-order valence-electron chi connectivity index (χ3n) is 2.39. The first-order valence-electron chi connectivity index (χ1n) is 5.11. The highest BCUT2D eigenvalue weighted by Crippen LogP contribution is 2.14. The Hall–Kier alpha value is -1.16. The number of hydrogen-bond donors (Lipinski definition) is 0. The van der Waals surface area contributed by atoms with Crippen molar-refractivity contribution in [3.63, 3.8) is 0 Å². The van der Waals surface area contributed by atoms with E-state index < -0.39 is 0 Å². The molecule has 1 aromatic heterocycles. The predicted octanol–water partition coefficient (Wildman–Crippen LogP) is 2.34. The molecule has 3 nitrogen and oxygen atoms in total. The third kappa shape index (κ3) is 3.16. The average Bonchev–Trinajstić information content (AvgIpc) is 2.71. The molecule has 0 aromatic carbocycles. The van der Waals surface area contributed by atoms with Gasteiger partial charge >= 0.3 is 5.97 Å². The Morgan fingerprint density at radius 3 is 3.27 bits per heavy atom. The number of carbonyl (C=O) groups is 1. The zero-order valence-corrected chi connectivity index (χ0v) is 9.20. The lowest BCUT2D eigenvalue weighted by molar-refractivity contribution is -0.144. The van der Waals surface area contributed by atoms with Crippen molar-refractivity contribution in [2.45, 2.75) is 31.8 Å². The van der Waals surface area contributed by atoms with E-state index in [1.807, 2.05) is 17.5 Å². The van der Waals surface area contributed by atoms with Crippen molar-refractivity contribution in [1.82, 2.24) is 4.37 Å². The van der Waals surface area contributed by atoms with E-state index in [0.29, 0.717) is 0 Å². The lowest BCUT2D eigenvalue weighted by Gasteiger charge is -2.17. The van der Waals surface area contributed by atoms with Crippen LogP contribution in [0.25, 0.3) is 0 Å². The molecule has 1 aliphatic heterocycles. The minimum absolute atomic E-state index is 0.0705. The zero-order chi connectivity index (χ0) is 10.5. The molecule has 2 heterocycles. The van der Waals surface area contributed by atoms with Gasteiger partial charge in [-0.2, -0.15) is 4.37 Å². The average molecular weight is 223 g/mol. The molecule has 0 aliphatic carbocycles. The maximum Gasteiger partial charge on any atom is 0.330 e. The van der Waals surface area contributed by atoms with E-state index in [9.17, 15) is 4.79 Å². The number of carbonyl (C=O) groups excluding carboxylic acids is 1. The molecule has 0 amide bonds. The molecular weight excluding hydrogens is 210 g/mol. The van der Waals surface area contributed by atoms with Gasteiger partial charge in [-0.3, -0.25) is 0 Å². The highest BCUT2D eigenvalue weighted by atomic mass is 32.1. The minimum Gasteiger partial charge on any atom is -0.459 e. The first-order chi connectivity index (χ1) is 7.34. The van der Waals surface area contributed by atoms with Gasteiger partial charge in [-0.05, 0) is 36.9 Å². The van der Waals surface area contributed by atoms with Crippen molar-refractivity contribution < 1.29 is 9.53 Å². The van der Waals surface area contributed by atoms with Crippen molar-refractivity contribution in [3.8, 4) is 0 Å². The second-order valence-electron chi connectivity index (χ2n) is 3.58. The number of aromatic nitrogens is 1. The molecule has 0 saturated heterocycles. The third-order valence-corrected chi connectivity index (χ3v) is 2.98. The molecule has 0 N–H and O–H groups in total. The largest absolute Gasteiger partial charge is 0.459 e. The first-order valence-corrected chi connectivity index (χ1v) is 5.94. The minimum atomic E-state index is -0.208. The highest BCUT2D eigenvalue weighted by Gasteiger charge is 2.15. The quantitative estimate of drug-likeness (QED) is 0.735. The van der Waals surface area contributed by atoms with Gasteiger partial charge in [0.2, 0.25) is 0 Å². The van der Waals surface area contributed by atoms with Crippen LogP contribution >= 0.6 is 11.5 Å². The molecule has 15 heavy (non-hydrogen) atoms. The number of rotatable bonds is 4.